The molecule has 0 aromatic heterocycles. The van der Waals surface area contributed by atoms with Crippen LogP contribution in [-0.2, 0) is 19.2 Å². The van der Waals surface area contributed by atoms with E-state index in [0.717, 1.165) is 9.80 Å². The largest absolute Gasteiger partial charge is 0.504 e. The third kappa shape index (κ3) is 3.44. The van der Waals surface area contributed by atoms with Crippen molar-refractivity contribution in [1.82, 2.24) is 4.90 Å². The summed E-state index contributed by atoms with van der Waals surface area (Å²) in [5.74, 6) is -5.67. The van der Waals surface area contributed by atoms with Crippen molar-refractivity contribution in [1.29, 1.82) is 0 Å². The van der Waals surface area contributed by atoms with Gasteiger partial charge in [0.2, 0.25) is 11.8 Å². The maximum absolute atomic E-state index is 14.0. The molecule has 2 aromatic rings. The summed E-state index contributed by atoms with van der Waals surface area (Å²) >= 11 is 23.6. The molecule has 0 spiro atoms. The molecule has 0 bridgehead atoms. The number of halogens is 4. The number of ether oxygens (including phenoxy) is 1. The first-order valence-corrected chi connectivity index (χ1v) is 14.8. The van der Waals surface area contributed by atoms with Gasteiger partial charge in [0.25, 0.3) is 11.8 Å². The number of carbonyl (C=O) groups excluding carboxylic acids is 4. The minimum Gasteiger partial charge on any atom is -0.504 e. The molecule has 2 heterocycles. The molecule has 208 valence electrons. The number of alkyl halides is 3. The number of methoxy groups -OCH3 is 1. The van der Waals surface area contributed by atoms with Gasteiger partial charge in [-0.25, -0.2) is 0 Å². The number of phenols is 1. The Hall–Kier alpha value is -2.59. The lowest BCUT2D eigenvalue weighted by atomic mass is 9.56. The molecule has 3 fully saturated rings. The van der Waals surface area contributed by atoms with Gasteiger partial charge in [0, 0.05) is 16.5 Å². The standard InChI is InChI=1S/C28H22BrCl3N2O6/c1-40-19-4-2-3-17(22(19)35)21-15-9-10-16-20(24(37)34(23(16)36)14-7-5-13(30)6-8-14)18(15)11-27(31)25(38)33(12-29)26(39)28(21,27)32/h2-9,16,18,20-21,35H,10-12H2,1H3/t16-,18+,20-,21+,27+,28-/m0/s1. The number of hydrogen-bond acceptors (Lipinski definition) is 6. The summed E-state index contributed by atoms with van der Waals surface area (Å²) in [7, 11) is 1.39. The van der Waals surface area contributed by atoms with E-state index in [1.165, 1.54) is 7.11 Å². The number of aromatic hydroxyl groups is 1. The number of carbonyl (C=O) groups is 4. The van der Waals surface area contributed by atoms with Crippen molar-refractivity contribution >= 4 is 80.0 Å². The zero-order valence-electron chi connectivity index (χ0n) is 20.9. The van der Waals surface area contributed by atoms with Gasteiger partial charge >= 0.3 is 0 Å². The van der Waals surface area contributed by atoms with E-state index in [1.807, 2.05) is 0 Å². The highest BCUT2D eigenvalue weighted by atomic mass is 79.9. The number of para-hydroxylation sites is 1. The fraction of sp³-hybridized carbons (Fsp3) is 0.357. The number of anilines is 1. The zero-order valence-corrected chi connectivity index (χ0v) is 24.8. The zero-order chi connectivity index (χ0) is 28.7. The number of hydrogen-bond donors (Lipinski definition) is 1. The van der Waals surface area contributed by atoms with Gasteiger partial charge in [0.05, 0.1) is 30.1 Å². The maximum Gasteiger partial charge on any atom is 0.254 e. The van der Waals surface area contributed by atoms with E-state index in [4.69, 9.17) is 39.5 Å². The topological polar surface area (TPSA) is 104 Å². The second-order valence-electron chi connectivity index (χ2n) is 10.4. The van der Waals surface area contributed by atoms with Gasteiger partial charge in [-0.15, -0.1) is 23.2 Å². The average Bonchev–Trinajstić information content (AvgIpc) is 3.27. The Balaban J connectivity index is 1.54. The Morgan fingerprint density at radius 3 is 2.38 bits per heavy atom. The van der Waals surface area contributed by atoms with Crippen molar-refractivity contribution in [2.45, 2.75) is 28.5 Å². The van der Waals surface area contributed by atoms with Crippen LogP contribution < -0.4 is 9.64 Å². The Labute approximate surface area is 252 Å². The minimum atomic E-state index is -2.01. The third-order valence-corrected chi connectivity index (χ3v) is 10.8. The molecule has 4 amide bonds. The number of amides is 4. The molecule has 6 rings (SSSR count). The van der Waals surface area contributed by atoms with Gasteiger partial charge in [0.15, 0.2) is 21.2 Å². The number of phenolic OH excluding ortho intramolecular Hbond substituents is 1. The van der Waals surface area contributed by atoms with E-state index in [1.54, 1.807) is 48.5 Å². The Morgan fingerprint density at radius 1 is 1.02 bits per heavy atom. The van der Waals surface area contributed by atoms with Crippen LogP contribution in [0.15, 0.2) is 54.1 Å². The highest BCUT2D eigenvalue weighted by molar-refractivity contribution is 9.09. The van der Waals surface area contributed by atoms with Gasteiger partial charge in [-0.2, -0.15) is 0 Å². The Bertz CT molecular complexity index is 1520. The van der Waals surface area contributed by atoms with Crippen molar-refractivity contribution in [2.75, 3.05) is 17.5 Å². The van der Waals surface area contributed by atoms with Gasteiger partial charge < -0.3 is 9.84 Å². The van der Waals surface area contributed by atoms with Gasteiger partial charge in [0.1, 0.15) is 0 Å². The first kappa shape index (κ1) is 27.6. The number of likely N-dealkylation sites (tertiary alicyclic amines) is 1. The molecule has 0 radical (unpaired) electrons. The van der Waals surface area contributed by atoms with E-state index >= 15 is 0 Å². The summed E-state index contributed by atoms with van der Waals surface area (Å²) < 4.78 is 5.31. The SMILES string of the molecule is COc1cccc([C@H]2C3=CC[C@@H]4C(=O)N(c5ccc(Cl)cc5)C(=O)[C@@H]4[C@@H]3C[C@@]3(Cl)C(=O)N(CBr)C(=O)[C@@]23Cl)c1O. The van der Waals surface area contributed by atoms with Gasteiger partial charge in [-0.05, 0) is 49.1 Å². The maximum atomic E-state index is 14.0. The summed E-state index contributed by atoms with van der Waals surface area (Å²) in [5.41, 5.74) is 1.06. The van der Waals surface area contributed by atoms with Crippen molar-refractivity contribution in [3.05, 3.63) is 64.7 Å². The van der Waals surface area contributed by atoms with E-state index in [-0.39, 0.29) is 41.3 Å². The second kappa shape index (κ2) is 9.48. The second-order valence-corrected chi connectivity index (χ2v) is 12.6. The van der Waals surface area contributed by atoms with Crippen LogP contribution in [-0.4, -0.2) is 55.9 Å². The van der Waals surface area contributed by atoms with Crippen LogP contribution in [0.25, 0.3) is 0 Å². The van der Waals surface area contributed by atoms with Crippen molar-refractivity contribution in [3.63, 3.8) is 0 Å². The van der Waals surface area contributed by atoms with Crippen molar-refractivity contribution in [2.24, 2.45) is 17.8 Å². The first-order valence-electron chi connectivity index (χ1n) is 12.5. The molecule has 2 aromatic carbocycles. The van der Waals surface area contributed by atoms with Crippen molar-refractivity contribution < 1.29 is 29.0 Å². The summed E-state index contributed by atoms with van der Waals surface area (Å²) in [6, 6.07) is 11.2. The van der Waals surface area contributed by atoms with Crippen LogP contribution in [0.5, 0.6) is 11.5 Å². The third-order valence-electron chi connectivity index (χ3n) is 8.66. The first-order chi connectivity index (χ1) is 19.0. The highest BCUT2D eigenvalue weighted by Crippen LogP contribution is 2.66. The van der Waals surface area contributed by atoms with Crippen LogP contribution in [0.4, 0.5) is 5.69 Å². The fourth-order valence-corrected chi connectivity index (χ4v) is 8.42. The number of imide groups is 2. The normalized spacial score (nSPS) is 33.1. The predicted molar refractivity (Wildman–Crippen MR) is 152 cm³/mol. The number of fused-ring (bicyclic) bond motifs is 4. The fourth-order valence-electron chi connectivity index (χ4n) is 6.88. The summed E-state index contributed by atoms with van der Waals surface area (Å²) in [6.45, 7) is 0. The lowest BCUT2D eigenvalue weighted by molar-refractivity contribution is -0.138. The summed E-state index contributed by atoms with van der Waals surface area (Å²) in [6.07, 6.45) is 1.87. The van der Waals surface area contributed by atoms with Crippen molar-refractivity contribution in [3.8, 4) is 11.5 Å². The lowest BCUT2D eigenvalue weighted by Gasteiger charge is -2.50. The lowest BCUT2D eigenvalue weighted by Crippen LogP contribution is -2.60. The Morgan fingerprint density at radius 2 is 1.73 bits per heavy atom. The molecule has 6 atom stereocenters. The predicted octanol–water partition coefficient (Wildman–Crippen LogP) is 4.97. The number of allylic oxidation sites excluding steroid dienone is 2. The molecule has 4 aliphatic rings. The molecule has 2 aliphatic carbocycles. The molecular weight excluding hydrogens is 647 g/mol. The van der Waals surface area contributed by atoms with Crippen LogP contribution in [0.3, 0.4) is 0 Å². The van der Waals surface area contributed by atoms with Gasteiger partial charge in [-0.1, -0.05) is 51.3 Å². The van der Waals surface area contributed by atoms with Crippen LogP contribution >= 0.6 is 50.7 Å². The summed E-state index contributed by atoms with van der Waals surface area (Å²) in [4.78, 5) is 53.2. The average molecular weight is 669 g/mol. The number of nitrogens with zero attached hydrogens (tertiary/aromatic N) is 2. The molecular formula is C28H22BrCl3N2O6. The molecule has 2 aliphatic heterocycles. The number of rotatable bonds is 4. The van der Waals surface area contributed by atoms with Crippen LogP contribution in [0.1, 0.15) is 24.3 Å². The van der Waals surface area contributed by atoms with E-state index in [0.29, 0.717) is 16.3 Å². The summed E-state index contributed by atoms with van der Waals surface area (Å²) in [5, 5.41) is 11.7. The highest BCUT2D eigenvalue weighted by Gasteiger charge is 2.76. The van der Waals surface area contributed by atoms with Crippen LogP contribution in [0.2, 0.25) is 5.02 Å². The quantitative estimate of drug-likeness (QED) is 0.214. The molecule has 1 saturated carbocycles. The minimum absolute atomic E-state index is 0.137. The number of benzene rings is 2. The molecule has 0 unspecified atom stereocenters. The monoisotopic (exact) mass is 666 g/mol. The van der Waals surface area contributed by atoms with Gasteiger partial charge in [-0.3, -0.25) is 29.0 Å². The van der Waals surface area contributed by atoms with E-state index in [9.17, 15) is 24.3 Å². The molecule has 2 saturated heterocycles. The van der Waals surface area contributed by atoms with E-state index in [2.05, 4.69) is 15.9 Å². The molecule has 40 heavy (non-hydrogen) atoms. The van der Waals surface area contributed by atoms with Crippen LogP contribution in [0, 0.1) is 17.8 Å². The molecule has 12 heteroatoms. The van der Waals surface area contributed by atoms with E-state index < -0.39 is 51.1 Å². The molecule has 8 nitrogen and oxygen atoms in total. The molecule has 1 N–H and O–H groups in total. The smallest absolute Gasteiger partial charge is 0.254 e. The Kier molecular flexibility index (Phi) is 6.53.